The Kier molecular flexibility index (Phi) is 4.64. The lowest BCUT2D eigenvalue weighted by molar-refractivity contribution is 0.0383. The Labute approximate surface area is 133 Å². The SMILES string of the molecule is C=C(C)c1cccc(C(C)(C)NC(=O)OCC2(C)CCC2)c1. The highest BCUT2D eigenvalue weighted by atomic mass is 16.5. The molecule has 1 fully saturated rings. The number of benzene rings is 1. The van der Waals surface area contributed by atoms with Crippen molar-refractivity contribution in [3.63, 3.8) is 0 Å². The molecule has 1 N–H and O–H groups in total. The summed E-state index contributed by atoms with van der Waals surface area (Å²) in [5, 5.41) is 2.97. The fraction of sp³-hybridized carbons (Fsp3) is 0.526. The van der Waals surface area contributed by atoms with E-state index in [1.807, 2.05) is 39.0 Å². The van der Waals surface area contributed by atoms with Gasteiger partial charge in [0.2, 0.25) is 0 Å². The molecule has 0 aliphatic heterocycles. The molecule has 0 saturated heterocycles. The van der Waals surface area contributed by atoms with Gasteiger partial charge >= 0.3 is 6.09 Å². The first-order valence-electron chi connectivity index (χ1n) is 7.93. The van der Waals surface area contributed by atoms with Gasteiger partial charge in [0.25, 0.3) is 0 Å². The van der Waals surface area contributed by atoms with Crippen molar-refractivity contribution < 1.29 is 9.53 Å². The van der Waals surface area contributed by atoms with Crippen LogP contribution in [0.5, 0.6) is 0 Å². The molecular formula is C19H27NO2. The normalized spacial score (nSPS) is 16.5. The molecule has 22 heavy (non-hydrogen) atoms. The van der Waals surface area contributed by atoms with Crippen molar-refractivity contribution in [3.05, 3.63) is 42.0 Å². The van der Waals surface area contributed by atoms with Gasteiger partial charge in [0.05, 0.1) is 12.1 Å². The first kappa shape index (κ1) is 16.6. The average molecular weight is 301 g/mol. The maximum Gasteiger partial charge on any atom is 0.407 e. The molecule has 1 aliphatic rings. The second-order valence-corrected chi connectivity index (χ2v) is 7.35. The van der Waals surface area contributed by atoms with Crippen molar-refractivity contribution in [3.8, 4) is 0 Å². The standard InChI is InChI=1S/C19H27NO2/c1-14(2)15-8-6-9-16(12-15)18(3,4)20-17(21)22-13-19(5)10-7-11-19/h6,8-9,12H,1,7,10-11,13H2,2-5H3,(H,20,21). The van der Waals surface area contributed by atoms with Crippen molar-refractivity contribution in [2.75, 3.05) is 6.61 Å². The Morgan fingerprint density at radius 1 is 1.41 bits per heavy atom. The highest BCUT2D eigenvalue weighted by molar-refractivity contribution is 5.69. The Bertz CT molecular complexity index is 571. The van der Waals surface area contributed by atoms with Crippen molar-refractivity contribution in [2.45, 2.75) is 52.5 Å². The topological polar surface area (TPSA) is 38.3 Å². The van der Waals surface area contributed by atoms with Gasteiger partial charge in [-0.05, 0) is 50.8 Å². The van der Waals surface area contributed by atoms with E-state index >= 15 is 0 Å². The first-order chi connectivity index (χ1) is 10.2. The molecule has 0 bridgehead atoms. The van der Waals surface area contributed by atoms with E-state index in [1.54, 1.807) is 0 Å². The molecule has 1 amide bonds. The van der Waals surface area contributed by atoms with Crippen molar-refractivity contribution in [1.82, 2.24) is 5.32 Å². The van der Waals surface area contributed by atoms with E-state index in [0.717, 1.165) is 29.5 Å². The van der Waals surface area contributed by atoms with Gasteiger partial charge in [-0.2, -0.15) is 0 Å². The van der Waals surface area contributed by atoms with Crippen LogP contribution in [0.1, 0.15) is 58.1 Å². The predicted molar refractivity (Wildman–Crippen MR) is 90.6 cm³/mol. The van der Waals surface area contributed by atoms with Gasteiger partial charge in [0.15, 0.2) is 0 Å². The average Bonchev–Trinajstić information content (AvgIpc) is 2.42. The molecule has 0 spiro atoms. The number of carbonyl (C=O) groups excluding carboxylic acids is 1. The Balaban J connectivity index is 1.98. The summed E-state index contributed by atoms with van der Waals surface area (Å²) in [4.78, 5) is 12.1. The summed E-state index contributed by atoms with van der Waals surface area (Å²) in [6.07, 6.45) is 3.17. The van der Waals surface area contributed by atoms with Gasteiger partial charge in [0, 0.05) is 5.41 Å². The minimum absolute atomic E-state index is 0.182. The van der Waals surface area contributed by atoms with Crippen molar-refractivity contribution in [2.24, 2.45) is 5.41 Å². The smallest absolute Gasteiger partial charge is 0.407 e. The van der Waals surface area contributed by atoms with Crippen molar-refractivity contribution >= 4 is 11.7 Å². The first-order valence-corrected chi connectivity index (χ1v) is 7.93. The van der Waals surface area contributed by atoms with E-state index in [9.17, 15) is 4.79 Å². The molecule has 0 radical (unpaired) electrons. The van der Waals surface area contributed by atoms with Crippen LogP contribution in [0, 0.1) is 5.41 Å². The number of hydrogen-bond donors (Lipinski definition) is 1. The van der Waals surface area contributed by atoms with Gasteiger partial charge in [0.1, 0.15) is 0 Å². The number of carbonyl (C=O) groups is 1. The number of nitrogens with one attached hydrogen (secondary N) is 1. The third-order valence-corrected chi connectivity index (χ3v) is 4.60. The zero-order valence-corrected chi connectivity index (χ0v) is 14.2. The number of alkyl carbamates (subject to hydrolysis) is 1. The molecule has 120 valence electrons. The molecule has 1 saturated carbocycles. The summed E-state index contributed by atoms with van der Waals surface area (Å²) in [5.74, 6) is 0. The minimum Gasteiger partial charge on any atom is -0.449 e. The number of hydrogen-bond acceptors (Lipinski definition) is 2. The number of ether oxygens (including phenoxy) is 1. The van der Waals surface area contributed by atoms with Crippen molar-refractivity contribution in [1.29, 1.82) is 0 Å². The third-order valence-electron chi connectivity index (χ3n) is 4.60. The fourth-order valence-corrected chi connectivity index (χ4v) is 2.70. The van der Waals surface area contributed by atoms with Gasteiger partial charge in [-0.3, -0.25) is 0 Å². The second kappa shape index (κ2) is 6.15. The van der Waals surface area contributed by atoms with E-state index in [1.165, 1.54) is 6.42 Å². The van der Waals surface area contributed by atoms with Crippen LogP contribution >= 0.6 is 0 Å². The van der Waals surface area contributed by atoms with E-state index in [2.05, 4.69) is 24.9 Å². The lowest BCUT2D eigenvalue weighted by Gasteiger charge is -2.37. The number of allylic oxidation sites excluding steroid dienone is 1. The Morgan fingerprint density at radius 2 is 2.09 bits per heavy atom. The minimum atomic E-state index is -0.483. The highest BCUT2D eigenvalue weighted by Gasteiger charge is 2.34. The zero-order valence-electron chi connectivity index (χ0n) is 14.2. The molecule has 2 rings (SSSR count). The summed E-state index contributed by atoms with van der Waals surface area (Å²) in [6, 6.07) is 8.09. The van der Waals surface area contributed by atoms with Gasteiger partial charge < -0.3 is 10.1 Å². The van der Waals surface area contributed by atoms with Crippen LogP contribution in [-0.4, -0.2) is 12.7 Å². The molecule has 1 aliphatic carbocycles. The lowest BCUT2D eigenvalue weighted by atomic mass is 9.71. The van der Waals surface area contributed by atoms with Crippen LogP contribution < -0.4 is 5.32 Å². The Hall–Kier alpha value is -1.77. The molecule has 3 heteroatoms. The van der Waals surface area contributed by atoms with Crippen LogP contribution in [0.25, 0.3) is 5.57 Å². The number of rotatable bonds is 5. The highest BCUT2D eigenvalue weighted by Crippen LogP contribution is 2.40. The zero-order chi connectivity index (χ0) is 16.4. The van der Waals surface area contributed by atoms with E-state index in [0.29, 0.717) is 6.61 Å². The molecule has 0 atom stereocenters. The van der Waals surface area contributed by atoms with Crippen LogP contribution in [0.2, 0.25) is 0 Å². The number of amides is 1. The summed E-state index contributed by atoms with van der Waals surface area (Å²) < 4.78 is 5.42. The molecule has 1 aromatic rings. The third kappa shape index (κ3) is 3.90. The molecule has 0 unspecified atom stereocenters. The van der Waals surface area contributed by atoms with Crippen LogP contribution in [0.3, 0.4) is 0 Å². The summed E-state index contributed by atoms with van der Waals surface area (Å²) in [7, 11) is 0. The summed E-state index contributed by atoms with van der Waals surface area (Å²) >= 11 is 0. The predicted octanol–water partition coefficient (Wildman–Crippen LogP) is 4.87. The van der Waals surface area contributed by atoms with Gasteiger partial charge in [-0.15, -0.1) is 0 Å². The van der Waals surface area contributed by atoms with Crippen LogP contribution in [0.4, 0.5) is 4.79 Å². The maximum atomic E-state index is 12.1. The van der Waals surface area contributed by atoms with E-state index < -0.39 is 5.54 Å². The quantitative estimate of drug-likeness (QED) is 0.842. The van der Waals surface area contributed by atoms with E-state index in [4.69, 9.17) is 4.74 Å². The molecule has 3 nitrogen and oxygen atoms in total. The molecule has 0 heterocycles. The second-order valence-electron chi connectivity index (χ2n) is 7.35. The van der Waals surface area contributed by atoms with Gasteiger partial charge in [-0.1, -0.05) is 43.7 Å². The fourth-order valence-electron chi connectivity index (χ4n) is 2.70. The van der Waals surface area contributed by atoms with Gasteiger partial charge in [-0.25, -0.2) is 4.79 Å². The van der Waals surface area contributed by atoms with Crippen LogP contribution in [0.15, 0.2) is 30.8 Å². The maximum absolute atomic E-state index is 12.1. The lowest BCUT2D eigenvalue weighted by Crippen LogP contribution is -2.43. The molecule has 1 aromatic carbocycles. The summed E-state index contributed by atoms with van der Waals surface area (Å²) in [5.41, 5.74) is 2.84. The molecule has 0 aromatic heterocycles. The molecular weight excluding hydrogens is 274 g/mol. The summed E-state index contributed by atoms with van der Waals surface area (Å²) in [6.45, 7) is 12.6. The van der Waals surface area contributed by atoms with E-state index in [-0.39, 0.29) is 11.5 Å². The monoisotopic (exact) mass is 301 g/mol. The Morgan fingerprint density at radius 3 is 2.64 bits per heavy atom. The largest absolute Gasteiger partial charge is 0.449 e. The van der Waals surface area contributed by atoms with Crippen LogP contribution in [-0.2, 0) is 10.3 Å².